The van der Waals surface area contributed by atoms with Crippen molar-refractivity contribution in [2.75, 3.05) is 6.54 Å². The summed E-state index contributed by atoms with van der Waals surface area (Å²) in [5.74, 6) is -0.577. The van der Waals surface area contributed by atoms with Gasteiger partial charge in [-0.1, -0.05) is 24.7 Å². The van der Waals surface area contributed by atoms with Gasteiger partial charge in [0.25, 0.3) is 5.91 Å². The van der Waals surface area contributed by atoms with Gasteiger partial charge in [0, 0.05) is 18.8 Å². The first-order valence-corrected chi connectivity index (χ1v) is 8.29. The van der Waals surface area contributed by atoms with E-state index < -0.39 is 10.5 Å². The average molecular weight is 330 g/mol. The molecule has 1 aliphatic heterocycles. The Labute approximate surface area is 129 Å². The van der Waals surface area contributed by atoms with E-state index in [9.17, 15) is 17.1 Å². The zero-order valence-electron chi connectivity index (χ0n) is 12.7. The third kappa shape index (κ3) is 3.94. The Morgan fingerprint density at radius 3 is 2.68 bits per heavy atom. The summed E-state index contributed by atoms with van der Waals surface area (Å²) in [6, 6.07) is 1.28. The minimum absolute atomic E-state index is 0.0595. The van der Waals surface area contributed by atoms with Crippen LogP contribution in [0.5, 0.6) is 5.75 Å². The van der Waals surface area contributed by atoms with Crippen LogP contribution in [0.2, 0.25) is 0 Å². The molecular weight excluding hydrogens is 311 g/mol. The fraction of sp³-hybridized carbons (Fsp3) is 0.571. The van der Waals surface area contributed by atoms with Gasteiger partial charge >= 0.3 is 10.5 Å². The largest absolute Gasteiger partial charge is 0.488 e. The molecule has 0 aromatic carbocycles. The summed E-state index contributed by atoms with van der Waals surface area (Å²) in [7, 11) is -5.14. The maximum absolute atomic E-state index is 12.6. The molecule has 1 saturated heterocycles. The molecule has 2 rings (SSSR count). The van der Waals surface area contributed by atoms with Crippen LogP contribution >= 0.6 is 0 Å². The van der Waals surface area contributed by atoms with E-state index >= 15 is 0 Å². The number of pyridine rings is 1. The molecule has 22 heavy (non-hydrogen) atoms. The molecule has 1 amide bonds. The highest BCUT2D eigenvalue weighted by Crippen LogP contribution is 2.33. The second kappa shape index (κ2) is 5.83. The van der Waals surface area contributed by atoms with E-state index in [0.29, 0.717) is 6.54 Å². The highest BCUT2D eigenvalue weighted by molar-refractivity contribution is 7.81. The topological polar surface area (TPSA) is 76.6 Å². The fourth-order valence-electron chi connectivity index (χ4n) is 2.77. The number of hydrogen-bond donors (Lipinski definition) is 0. The van der Waals surface area contributed by atoms with Crippen LogP contribution in [-0.4, -0.2) is 36.8 Å². The Bertz CT molecular complexity index is 670. The lowest BCUT2D eigenvalue weighted by Gasteiger charge is -2.35. The van der Waals surface area contributed by atoms with E-state index in [2.05, 4.69) is 29.9 Å². The summed E-state index contributed by atoms with van der Waals surface area (Å²) in [5.41, 5.74) is 0.119. The van der Waals surface area contributed by atoms with Crippen molar-refractivity contribution in [1.29, 1.82) is 0 Å². The van der Waals surface area contributed by atoms with Crippen LogP contribution in [-0.2, 0) is 10.5 Å². The van der Waals surface area contributed by atoms with Gasteiger partial charge in [0.15, 0.2) is 5.75 Å². The van der Waals surface area contributed by atoms with E-state index in [1.165, 1.54) is 12.3 Å². The minimum atomic E-state index is -5.14. The highest BCUT2D eigenvalue weighted by Gasteiger charge is 2.37. The first-order chi connectivity index (χ1) is 10.1. The summed E-state index contributed by atoms with van der Waals surface area (Å²) >= 11 is 0. The van der Waals surface area contributed by atoms with Crippen LogP contribution in [0.25, 0.3) is 0 Å². The van der Waals surface area contributed by atoms with E-state index in [1.54, 1.807) is 4.90 Å². The zero-order valence-corrected chi connectivity index (χ0v) is 13.6. The number of carbonyl (C=O) groups excluding carboxylic acids is 1. The summed E-state index contributed by atoms with van der Waals surface area (Å²) in [6.45, 7) is 6.83. The van der Waals surface area contributed by atoms with Gasteiger partial charge in [-0.15, -0.1) is 0 Å². The minimum Gasteiger partial charge on any atom is -0.357 e. The van der Waals surface area contributed by atoms with E-state index in [4.69, 9.17) is 0 Å². The summed E-state index contributed by atoms with van der Waals surface area (Å²) in [6.07, 6.45) is 4.19. The molecule has 2 heterocycles. The SMILES string of the molecule is CC(C)(C)C1CCCN1C(=O)c1cncc(OS(=O)(=O)F)c1. The number of hydrogen-bond acceptors (Lipinski definition) is 5. The molecule has 6 nitrogen and oxygen atoms in total. The lowest BCUT2D eigenvalue weighted by molar-refractivity contribution is 0.0625. The van der Waals surface area contributed by atoms with Gasteiger partial charge in [-0.25, -0.2) is 0 Å². The molecule has 0 bridgehead atoms. The van der Waals surface area contributed by atoms with Gasteiger partial charge in [0.1, 0.15) is 0 Å². The first-order valence-electron chi connectivity index (χ1n) is 6.98. The molecule has 1 aromatic heterocycles. The quantitative estimate of drug-likeness (QED) is 0.795. The summed E-state index contributed by atoms with van der Waals surface area (Å²) < 4.78 is 37.7. The van der Waals surface area contributed by atoms with Gasteiger partial charge in [0.2, 0.25) is 0 Å². The monoisotopic (exact) mass is 330 g/mol. The van der Waals surface area contributed by atoms with Crippen LogP contribution in [0.4, 0.5) is 3.89 Å². The number of rotatable bonds is 3. The number of amides is 1. The predicted molar refractivity (Wildman–Crippen MR) is 78.4 cm³/mol. The maximum Gasteiger partial charge on any atom is 0.488 e. The van der Waals surface area contributed by atoms with Crippen molar-refractivity contribution < 1.29 is 21.3 Å². The van der Waals surface area contributed by atoms with Crippen LogP contribution in [0.3, 0.4) is 0 Å². The van der Waals surface area contributed by atoms with Crippen molar-refractivity contribution in [1.82, 2.24) is 9.88 Å². The maximum atomic E-state index is 12.6. The Kier molecular flexibility index (Phi) is 4.42. The zero-order chi connectivity index (χ0) is 16.5. The van der Waals surface area contributed by atoms with Crippen molar-refractivity contribution in [3.05, 3.63) is 24.0 Å². The number of carbonyl (C=O) groups is 1. The second-order valence-electron chi connectivity index (χ2n) is 6.41. The lowest BCUT2D eigenvalue weighted by Crippen LogP contribution is -2.43. The molecule has 122 valence electrons. The fourth-order valence-corrected chi connectivity index (χ4v) is 3.09. The summed E-state index contributed by atoms with van der Waals surface area (Å²) in [5, 5.41) is 0. The molecule has 0 aliphatic carbocycles. The Balaban J connectivity index is 2.24. The number of halogens is 1. The van der Waals surface area contributed by atoms with Crippen molar-refractivity contribution in [2.45, 2.75) is 39.7 Å². The van der Waals surface area contributed by atoms with Gasteiger partial charge in [-0.2, -0.15) is 8.42 Å². The van der Waals surface area contributed by atoms with Crippen LogP contribution in [0.15, 0.2) is 18.5 Å². The highest BCUT2D eigenvalue weighted by atomic mass is 32.3. The summed E-state index contributed by atoms with van der Waals surface area (Å²) in [4.78, 5) is 18.1. The molecule has 1 fully saturated rings. The molecule has 1 atom stereocenters. The second-order valence-corrected chi connectivity index (χ2v) is 7.36. The number of likely N-dealkylation sites (tertiary alicyclic amines) is 1. The molecule has 1 aromatic rings. The van der Waals surface area contributed by atoms with Crippen LogP contribution < -0.4 is 4.18 Å². The molecule has 0 saturated carbocycles. The predicted octanol–water partition coefficient (Wildman–Crippen LogP) is 2.33. The Morgan fingerprint density at radius 2 is 2.09 bits per heavy atom. The number of aromatic nitrogens is 1. The van der Waals surface area contributed by atoms with Gasteiger partial charge in [-0.3, -0.25) is 9.78 Å². The Morgan fingerprint density at radius 1 is 1.41 bits per heavy atom. The van der Waals surface area contributed by atoms with Gasteiger partial charge in [0.05, 0.1) is 11.8 Å². The van der Waals surface area contributed by atoms with Crippen molar-refractivity contribution in [3.63, 3.8) is 0 Å². The normalized spacial score (nSPS) is 19.3. The molecule has 0 spiro atoms. The van der Waals surface area contributed by atoms with Gasteiger partial charge in [-0.05, 0) is 24.3 Å². The Hall–Kier alpha value is -1.70. The smallest absolute Gasteiger partial charge is 0.357 e. The van der Waals surface area contributed by atoms with Crippen molar-refractivity contribution in [2.24, 2.45) is 5.41 Å². The number of nitrogens with zero attached hydrogens (tertiary/aromatic N) is 2. The van der Waals surface area contributed by atoms with Gasteiger partial charge < -0.3 is 9.08 Å². The van der Waals surface area contributed by atoms with E-state index in [0.717, 1.165) is 19.0 Å². The molecule has 8 heteroatoms. The van der Waals surface area contributed by atoms with Crippen LogP contribution in [0, 0.1) is 5.41 Å². The molecule has 1 aliphatic rings. The first kappa shape index (κ1) is 16.7. The van der Waals surface area contributed by atoms with Crippen molar-refractivity contribution >= 4 is 16.4 Å². The lowest BCUT2D eigenvalue weighted by atomic mass is 9.85. The standard InChI is InChI=1S/C14H19FN2O4S/c1-14(2,3)12-5-4-6-17(12)13(18)10-7-11(9-16-8-10)21-22(15,19)20/h7-9,12H,4-6H2,1-3H3. The van der Waals surface area contributed by atoms with E-state index in [1.807, 2.05) is 0 Å². The molecule has 0 N–H and O–H groups in total. The van der Waals surface area contributed by atoms with E-state index in [-0.39, 0.29) is 28.7 Å². The third-order valence-electron chi connectivity index (χ3n) is 3.67. The van der Waals surface area contributed by atoms with Crippen LogP contribution in [0.1, 0.15) is 44.0 Å². The molecule has 1 unspecified atom stereocenters. The molecule has 0 radical (unpaired) electrons. The molecular formula is C14H19FN2O4S. The third-order valence-corrected chi connectivity index (χ3v) is 4.06. The van der Waals surface area contributed by atoms with Crippen molar-refractivity contribution in [3.8, 4) is 5.75 Å². The average Bonchev–Trinajstić information content (AvgIpc) is 2.85.